The van der Waals surface area contributed by atoms with Crippen molar-refractivity contribution in [1.82, 2.24) is 4.90 Å². The molecule has 3 N–H and O–H groups in total. The summed E-state index contributed by atoms with van der Waals surface area (Å²) >= 11 is 0. The molecule has 2 fully saturated rings. The average Bonchev–Trinajstić information content (AvgIpc) is 2.90. The van der Waals surface area contributed by atoms with E-state index in [4.69, 9.17) is 5.73 Å². The molecule has 2 atom stereocenters. The van der Waals surface area contributed by atoms with Gasteiger partial charge in [-0.2, -0.15) is 0 Å². The number of nitrogens with two attached hydrogens (primary N) is 1. The molecule has 0 spiro atoms. The third-order valence-electron chi connectivity index (χ3n) is 3.71. The molecule has 1 aliphatic carbocycles. The molecule has 1 saturated heterocycles. The molecule has 0 aromatic carbocycles. The molecule has 2 unspecified atom stereocenters. The zero-order valence-electron chi connectivity index (χ0n) is 9.24. The third-order valence-corrected chi connectivity index (χ3v) is 3.71. The Morgan fingerprint density at radius 1 is 1.50 bits per heavy atom. The summed E-state index contributed by atoms with van der Waals surface area (Å²) in [6, 6.07) is 1.02. The minimum Gasteiger partial charge on any atom is -0.387 e. The predicted octanol–water partition coefficient (Wildman–Crippen LogP) is 0.569. The van der Waals surface area contributed by atoms with E-state index in [2.05, 4.69) is 18.7 Å². The highest BCUT2D eigenvalue weighted by Gasteiger charge is 2.50. The summed E-state index contributed by atoms with van der Waals surface area (Å²) in [6.07, 6.45) is 3.47. The first-order valence-electron chi connectivity index (χ1n) is 5.76. The highest BCUT2D eigenvalue weighted by molar-refractivity contribution is 5.06. The summed E-state index contributed by atoms with van der Waals surface area (Å²) in [5, 5.41) is 10.4. The van der Waals surface area contributed by atoms with Crippen LogP contribution in [-0.4, -0.2) is 40.8 Å². The molecule has 3 heteroatoms. The SMILES string of the molecule is CC(C)C1N(C2CC2)CCC1(O)CN. The number of rotatable bonds is 3. The van der Waals surface area contributed by atoms with Crippen LogP contribution in [0.15, 0.2) is 0 Å². The Bertz CT molecular complexity index is 215. The van der Waals surface area contributed by atoms with E-state index < -0.39 is 5.60 Å². The number of likely N-dealkylation sites (tertiary alicyclic amines) is 1. The monoisotopic (exact) mass is 198 g/mol. The maximum Gasteiger partial charge on any atom is 0.0938 e. The zero-order valence-corrected chi connectivity index (χ0v) is 9.24. The number of hydrogen-bond donors (Lipinski definition) is 2. The zero-order chi connectivity index (χ0) is 10.3. The summed E-state index contributed by atoms with van der Waals surface area (Å²) in [6.45, 7) is 5.80. The fraction of sp³-hybridized carbons (Fsp3) is 1.00. The molecule has 14 heavy (non-hydrogen) atoms. The molecule has 0 radical (unpaired) electrons. The maximum atomic E-state index is 10.4. The Labute approximate surface area is 86.3 Å². The summed E-state index contributed by atoms with van der Waals surface area (Å²) in [7, 11) is 0. The van der Waals surface area contributed by atoms with Crippen molar-refractivity contribution in [3.05, 3.63) is 0 Å². The van der Waals surface area contributed by atoms with Crippen LogP contribution >= 0.6 is 0 Å². The van der Waals surface area contributed by atoms with E-state index in [1.54, 1.807) is 0 Å². The minimum absolute atomic E-state index is 0.278. The van der Waals surface area contributed by atoms with Gasteiger partial charge in [0.05, 0.1) is 5.60 Å². The molecule has 2 aliphatic rings. The van der Waals surface area contributed by atoms with Gasteiger partial charge in [0.1, 0.15) is 0 Å². The van der Waals surface area contributed by atoms with E-state index in [-0.39, 0.29) is 6.04 Å². The Morgan fingerprint density at radius 2 is 2.14 bits per heavy atom. The lowest BCUT2D eigenvalue weighted by atomic mass is 9.87. The lowest BCUT2D eigenvalue weighted by molar-refractivity contribution is -0.00970. The van der Waals surface area contributed by atoms with E-state index >= 15 is 0 Å². The van der Waals surface area contributed by atoms with Crippen molar-refractivity contribution < 1.29 is 5.11 Å². The van der Waals surface area contributed by atoms with Crippen molar-refractivity contribution in [2.24, 2.45) is 11.7 Å². The second kappa shape index (κ2) is 3.47. The van der Waals surface area contributed by atoms with Gasteiger partial charge in [-0.3, -0.25) is 4.90 Å². The van der Waals surface area contributed by atoms with Crippen LogP contribution in [0.4, 0.5) is 0 Å². The van der Waals surface area contributed by atoms with Gasteiger partial charge >= 0.3 is 0 Å². The van der Waals surface area contributed by atoms with Gasteiger partial charge in [-0.15, -0.1) is 0 Å². The highest BCUT2D eigenvalue weighted by atomic mass is 16.3. The van der Waals surface area contributed by atoms with Crippen LogP contribution < -0.4 is 5.73 Å². The van der Waals surface area contributed by atoms with E-state index in [1.165, 1.54) is 12.8 Å². The molecule has 82 valence electrons. The first kappa shape index (κ1) is 10.4. The topological polar surface area (TPSA) is 49.5 Å². The van der Waals surface area contributed by atoms with Gasteiger partial charge in [-0.1, -0.05) is 13.8 Å². The fourth-order valence-electron chi connectivity index (χ4n) is 2.96. The Kier molecular flexibility index (Phi) is 2.58. The van der Waals surface area contributed by atoms with Crippen LogP contribution in [0.25, 0.3) is 0 Å². The van der Waals surface area contributed by atoms with Crippen molar-refractivity contribution in [2.75, 3.05) is 13.1 Å². The van der Waals surface area contributed by atoms with Crippen molar-refractivity contribution in [1.29, 1.82) is 0 Å². The fourth-order valence-corrected chi connectivity index (χ4v) is 2.96. The normalized spacial score (nSPS) is 39.6. The van der Waals surface area contributed by atoms with E-state index in [0.29, 0.717) is 12.5 Å². The van der Waals surface area contributed by atoms with Gasteiger partial charge in [-0.05, 0) is 25.2 Å². The number of nitrogens with zero attached hydrogens (tertiary/aromatic N) is 1. The van der Waals surface area contributed by atoms with Crippen LogP contribution in [0.2, 0.25) is 0 Å². The van der Waals surface area contributed by atoms with Crippen molar-refractivity contribution in [3.63, 3.8) is 0 Å². The quantitative estimate of drug-likeness (QED) is 0.697. The largest absolute Gasteiger partial charge is 0.387 e. The lowest BCUT2D eigenvalue weighted by Crippen LogP contribution is -2.52. The van der Waals surface area contributed by atoms with E-state index in [1.807, 2.05) is 0 Å². The molecule has 0 amide bonds. The van der Waals surface area contributed by atoms with E-state index in [0.717, 1.165) is 19.0 Å². The Morgan fingerprint density at radius 3 is 2.57 bits per heavy atom. The number of hydrogen-bond acceptors (Lipinski definition) is 3. The van der Waals surface area contributed by atoms with Gasteiger partial charge < -0.3 is 10.8 Å². The smallest absolute Gasteiger partial charge is 0.0938 e. The van der Waals surface area contributed by atoms with Gasteiger partial charge in [0.15, 0.2) is 0 Å². The van der Waals surface area contributed by atoms with Crippen LogP contribution in [0.5, 0.6) is 0 Å². The predicted molar refractivity (Wildman–Crippen MR) is 57.0 cm³/mol. The summed E-state index contributed by atoms with van der Waals surface area (Å²) in [4.78, 5) is 2.48. The molecule has 1 saturated carbocycles. The highest BCUT2D eigenvalue weighted by Crippen LogP contribution is 2.40. The lowest BCUT2D eigenvalue weighted by Gasteiger charge is -2.36. The van der Waals surface area contributed by atoms with Crippen molar-refractivity contribution in [3.8, 4) is 0 Å². The summed E-state index contributed by atoms with van der Waals surface area (Å²) < 4.78 is 0. The van der Waals surface area contributed by atoms with Gasteiger partial charge in [0.2, 0.25) is 0 Å². The molecule has 0 bridgehead atoms. The second-order valence-corrected chi connectivity index (χ2v) is 5.22. The second-order valence-electron chi connectivity index (χ2n) is 5.22. The molecule has 0 aromatic heterocycles. The molecule has 0 aromatic rings. The first-order valence-corrected chi connectivity index (χ1v) is 5.76. The van der Waals surface area contributed by atoms with Crippen LogP contribution in [0.1, 0.15) is 33.1 Å². The standard InChI is InChI=1S/C11H22N2O/c1-8(2)10-11(14,7-12)5-6-13(10)9-3-4-9/h8-10,14H,3-7,12H2,1-2H3. The molecular formula is C11H22N2O. The molecule has 1 aliphatic heterocycles. The summed E-state index contributed by atoms with van der Waals surface area (Å²) in [5.41, 5.74) is 5.07. The molecule has 1 heterocycles. The Hall–Kier alpha value is -0.120. The average molecular weight is 198 g/mol. The van der Waals surface area contributed by atoms with Crippen LogP contribution in [0.3, 0.4) is 0 Å². The first-order chi connectivity index (χ1) is 6.58. The number of aliphatic hydroxyl groups is 1. The summed E-state index contributed by atoms with van der Waals surface area (Å²) in [5.74, 6) is 0.492. The molecular weight excluding hydrogens is 176 g/mol. The van der Waals surface area contributed by atoms with Gasteiger partial charge in [0.25, 0.3) is 0 Å². The van der Waals surface area contributed by atoms with Gasteiger partial charge in [-0.25, -0.2) is 0 Å². The minimum atomic E-state index is -0.628. The maximum absolute atomic E-state index is 10.4. The molecule has 2 rings (SSSR count). The molecule has 3 nitrogen and oxygen atoms in total. The van der Waals surface area contributed by atoms with Crippen molar-refractivity contribution in [2.45, 2.75) is 50.8 Å². The van der Waals surface area contributed by atoms with E-state index in [9.17, 15) is 5.11 Å². The van der Waals surface area contributed by atoms with Gasteiger partial charge in [0, 0.05) is 25.2 Å². The van der Waals surface area contributed by atoms with Crippen LogP contribution in [0, 0.1) is 5.92 Å². The van der Waals surface area contributed by atoms with Crippen molar-refractivity contribution >= 4 is 0 Å². The Balaban J connectivity index is 2.14. The van der Waals surface area contributed by atoms with Crippen LogP contribution in [-0.2, 0) is 0 Å². The third kappa shape index (κ3) is 1.58.